The summed E-state index contributed by atoms with van der Waals surface area (Å²) in [6.45, 7) is 9.53. The van der Waals surface area contributed by atoms with Crippen molar-refractivity contribution in [2.75, 3.05) is 4.90 Å². The van der Waals surface area contributed by atoms with Crippen LogP contribution in [-0.2, 0) is 10.8 Å². The molecular formula is C49H45N. The average Bonchev–Trinajstić information content (AvgIpc) is 3.89. The van der Waals surface area contributed by atoms with Crippen LogP contribution in [0.3, 0.4) is 0 Å². The maximum atomic E-state index is 2.47. The van der Waals surface area contributed by atoms with Crippen molar-refractivity contribution in [3.05, 3.63) is 161 Å². The van der Waals surface area contributed by atoms with E-state index in [1.165, 1.54) is 104 Å². The SMILES string of the molecule is CC1(C)c2ccccc2-c2cc(-c3cccc4c3-c3ccc(N(c5ccccc5)c5ccc(C6CC7CCC6C7)cc5)cc3C4(C)C)ccc21. The van der Waals surface area contributed by atoms with Gasteiger partial charge in [-0.25, -0.2) is 0 Å². The summed E-state index contributed by atoms with van der Waals surface area (Å²) in [6, 6.07) is 50.8. The number of nitrogens with zero attached hydrogens (tertiary/aromatic N) is 1. The van der Waals surface area contributed by atoms with Crippen LogP contribution in [0.4, 0.5) is 17.1 Å². The number of para-hydroxylation sites is 1. The van der Waals surface area contributed by atoms with E-state index >= 15 is 0 Å². The van der Waals surface area contributed by atoms with Crippen molar-refractivity contribution in [2.24, 2.45) is 11.8 Å². The fraction of sp³-hybridized carbons (Fsp3) is 0.265. The van der Waals surface area contributed by atoms with Crippen molar-refractivity contribution < 1.29 is 0 Å². The fourth-order valence-corrected chi connectivity index (χ4v) is 10.6. The van der Waals surface area contributed by atoms with E-state index < -0.39 is 0 Å². The maximum absolute atomic E-state index is 2.47. The summed E-state index contributed by atoms with van der Waals surface area (Å²) in [5, 5.41) is 0. The molecule has 1 nitrogen and oxygen atoms in total. The third kappa shape index (κ3) is 4.32. The predicted molar refractivity (Wildman–Crippen MR) is 210 cm³/mol. The molecule has 1 heteroatoms. The second-order valence-electron chi connectivity index (χ2n) is 16.6. The molecule has 0 amide bonds. The van der Waals surface area contributed by atoms with Gasteiger partial charge in [0.05, 0.1) is 0 Å². The Bertz CT molecular complexity index is 2290. The highest BCUT2D eigenvalue weighted by molar-refractivity contribution is 5.95. The summed E-state index contributed by atoms with van der Waals surface area (Å²) in [4.78, 5) is 2.45. The fourth-order valence-electron chi connectivity index (χ4n) is 10.6. The first-order chi connectivity index (χ1) is 24.3. The van der Waals surface area contributed by atoms with Crippen molar-refractivity contribution in [1.29, 1.82) is 0 Å². The first-order valence-electron chi connectivity index (χ1n) is 18.8. The lowest BCUT2D eigenvalue weighted by Gasteiger charge is -2.29. The van der Waals surface area contributed by atoms with Crippen LogP contribution in [0.25, 0.3) is 33.4 Å². The highest BCUT2D eigenvalue weighted by Crippen LogP contribution is 2.56. The molecule has 0 aliphatic heterocycles. The predicted octanol–water partition coefficient (Wildman–Crippen LogP) is 13.3. The van der Waals surface area contributed by atoms with E-state index in [2.05, 4.69) is 166 Å². The second kappa shape index (κ2) is 10.8. The van der Waals surface area contributed by atoms with Crippen LogP contribution in [-0.4, -0.2) is 0 Å². The largest absolute Gasteiger partial charge is 0.310 e. The van der Waals surface area contributed by atoms with Gasteiger partial charge in [0.15, 0.2) is 0 Å². The molecule has 6 aromatic rings. The molecule has 0 aromatic heterocycles. The quantitative estimate of drug-likeness (QED) is 0.180. The molecule has 0 spiro atoms. The molecule has 50 heavy (non-hydrogen) atoms. The summed E-state index contributed by atoms with van der Waals surface area (Å²) in [6.07, 6.45) is 5.68. The molecule has 246 valence electrons. The molecule has 2 fully saturated rings. The topological polar surface area (TPSA) is 3.24 Å². The Labute approximate surface area is 297 Å². The van der Waals surface area contributed by atoms with E-state index in [1.807, 2.05) is 0 Å². The molecule has 3 atom stereocenters. The van der Waals surface area contributed by atoms with E-state index in [0.29, 0.717) is 0 Å². The normalized spacial score (nSPS) is 21.4. The van der Waals surface area contributed by atoms with Gasteiger partial charge in [0.25, 0.3) is 0 Å². The smallest absolute Gasteiger partial charge is 0.0465 e. The van der Waals surface area contributed by atoms with Gasteiger partial charge >= 0.3 is 0 Å². The van der Waals surface area contributed by atoms with E-state index in [-0.39, 0.29) is 10.8 Å². The Morgan fingerprint density at radius 2 is 1.16 bits per heavy atom. The molecule has 3 unspecified atom stereocenters. The minimum atomic E-state index is -0.129. The van der Waals surface area contributed by atoms with Crippen LogP contribution in [0.5, 0.6) is 0 Å². The Balaban J connectivity index is 1.07. The van der Waals surface area contributed by atoms with Crippen LogP contribution < -0.4 is 4.90 Å². The number of benzene rings is 6. The zero-order valence-corrected chi connectivity index (χ0v) is 29.7. The van der Waals surface area contributed by atoms with Crippen molar-refractivity contribution in [1.82, 2.24) is 0 Å². The average molecular weight is 648 g/mol. The van der Waals surface area contributed by atoms with Crippen molar-refractivity contribution in [3.63, 3.8) is 0 Å². The Kier molecular flexibility index (Phi) is 6.48. The Morgan fingerprint density at radius 3 is 1.94 bits per heavy atom. The summed E-state index contributed by atoms with van der Waals surface area (Å²) in [7, 11) is 0. The van der Waals surface area contributed by atoms with Gasteiger partial charge in [-0.05, 0) is 141 Å². The van der Waals surface area contributed by atoms with Crippen LogP contribution in [0.15, 0.2) is 133 Å². The zero-order chi connectivity index (χ0) is 33.8. The maximum Gasteiger partial charge on any atom is 0.0465 e. The van der Waals surface area contributed by atoms with Gasteiger partial charge < -0.3 is 4.90 Å². The number of hydrogen-bond acceptors (Lipinski definition) is 1. The van der Waals surface area contributed by atoms with E-state index in [0.717, 1.165) is 17.8 Å². The molecule has 0 N–H and O–H groups in total. The molecule has 6 aromatic carbocycles. The zero-order valence-electron chi connectivity index (χ0n) is 29.7. The van der Waals surface area contributed by atoms with Gasteiger partial charge in [-0.3, -0.25) is 0 Å². The van der Waals surface area contributed by atoms with Gasteiger partial charge in [-0.2, -0.15) is 0 Å². The third-order valence-electron chi connectivity index (χ3n) is 13.2. The van der Waals surface area contributed by atoms with Crippen molar-refractivity contribution in [2.45, 2.75) is 70.1 Å². The van der Waals surface area contributed by atoms with E-state index in [4.69, 9.17) is 0 Å². The van der Waals surface area contributed by atoms with E-state index in [1.54, 1.807) is 0 Å². The van der Waals surface area contributed by atoms with Gasteiger partial charge in [0.1, 0.15) is 0 Å². The molecular weight excluding hydrogens is 603 g/mol. The molecule has 0 radical (unpaired) electrons. The molecule has 2 saturated carbocycles. The van der Waals surface area contributed by atoms with Gasteiger partial charge in [-0.1, -0.05) is 125 Å². The summed E-state index contributed by atoms with van der Waals surface area (Å²) >= 11 is 0. The van der Waals surface area contributed by atoms with Crippen molar-refractivity contribution >= 4 is 17.1 Å². The summed E-state index contributed by atoms with van der Waals surface area (Å²) in [5.74, 6) is 2.59. The summed E-state index contributed by atoms with van der Waals surface area (Å²) in [5.41, 5.74) is 18.8. The number of rotatable bonds is 5. The number of anilines is 3. The third-order valence-corrected chi connectivity index (χ3v) is 13.2. The highest BCUT2D eigenvalue weighted by atomic mass is 15.1. The van der Waals surface area contributed by atoms with Gasteiger partial charge in [-0.15, -0.1) is 0 Å². The molecule has 4 aliphatic carbocycles. The standard InChI is InChI=1S/C49H45N/c1-48(2)43-15-9-8-13-39(43)42-29-34(21-26-44(42)48)38-14-10-16-45-47(38)40-25-24-37(30-46(40)49(45,3)4)50(35-11-6-5-7-12-35)36-22-19-32(20-23-36)41-28-31-17-18-33(41)27-31/h5-16,19-26,29-31,33,41H,17-18,27-28H2,1-4H3. The van der Waals surface area contributed by atoms with Gasteiger partial charge in [0.2, 0.25) is 0 Å². The minimum Gasteiger partial charge on any atom is -0.310 e. The van der Waals surface area contributed by atoms with Crippen LogP contribution in [0, 0.1) is 11.8 Å². The van der Waals surface area contributed by atoms with Crippen LogP contribution in [0.2, 0.25) is 0 Å². The lowest BCUT2D eigenvalue weighted by Crippen LogP contribution is -2.16. The monoisotopic (exact) mass is 647 g/mol. The Hall–Kier alpha value is -4.88. The Morgan fingerprint density at radius 1 is 0.480 bits per heavy atom. The van der Waals surface area contributed by atoms with Crippen LogP contribution >= 0.6 is 0 Å². The molecule has 0 heterocycles. The molecule has 4 aliphatic rings. The lowest BCUT2D eigenvalue weighted by molar-refractivity contribution is 0.420. The summed E-state index contributed by atoms with van der Waals surface area (Å²) < 4.78 is 0. The van der Waals surface area contributed by atoms with Crippen LogP contribution in [0.1, 0.15) is 87.1 Å². The second-order valence-corrected chi connectivity index (χ2v) is 16.6. The lowest BCUT2D eigenvalue weighted by atomic mass is 9.81. The molecule has 10 rings (SSSR count). The van der Waals surface area contributed by atoms with Gasteiger partial charge in [0, 0.05) is 27.9 Å². The van der Waals surface area contributed by atoms with E-state index in [9.17, 15) is 0 Å². The molecule has 2 bridgehead atoms. The number of hydrogen-bond donors (Lipinski definition) is 0. The highest BCUT2D eigenvalue weighted by Gasteiger charge is 2.41. The first kappa shape index (κ1) is 30.0. The van der Waals surface area contributed by atoms with Crippen molar-refractivity contribution in [3.8, 4) is 33.4 Å². The minimum absolute atomic E-state index is 0.00912. The number of fused-ring (bicyclic) bond motifs is 8. The molecule has 0 saturated heterocycles. The first-order valence-corrected chi connectivity index (χ1v) is 18.8.